The van der Waals surface area contributed by atoms with Crippen molar-refractivity contribution in [2.45, 2.75) is 25.2 Å². The third kappa shape index (κ3) is 5.24. The second-order valence-electron chi connectivity index (χ2n) is 6.96. The fourth-order valence-electron chi connectivity index (χ4n) is 2.98. The van der Waals surface area contributed by atoms with Gasteiger partial charge in [0.2, 0.25) is 0 Å². The van der Waals surface area contributed by atoms with Crippen molar-refractivity contribution in [3.63, 3.8) is 0 Å². The average molecular weight is 440 g/mol. The number of rotatable bonds is 8. The molecule has 0 saturated carbocycles. The molecule has 0 aliphatic heterocycles. The molecule has 6 nitrogen and oxygen atoms in total. The summed E-state index contributed by atoms with van der Waals surface area (Å²) in [5, 5.41) is 0. The molecule has 0 aliphatic carbocycles. The molecule has 3 rings (SSSR count). The first-order valence-electron chi connectivity index (χ1n) is 9.85. The molecule has 162 valence electrons. The van der Waals surface area contributed by atoms with Gasteiger partial charge in [0.1, 0.15) is 11.5 Å². The van der Waals surface area contributed by atoms with E-state index in [-0.39, 0.29) is 10.6 Å². The molecule has 0 N–H and O–H groups in total. The third-order valence-electron chi connectivity index (χ3n) is 4.79. The van der Waals surface area contributed by atoms with Gasteiger partial charge in [0.25, 0.3) is 15.9 Å². The highest BCUT2D eigenvalue weighted by molar-refractivity contribution is 7.93. The maximum Gasteiger partial charge on any atom is 0.278 e. The number of amides is 1. The van der Waals surface area contributed by atoms with E-state index < -0.39 is 22.5 Å². The van der Waals surface area contributed by atoms with Gasteiger partial charge in [-0.15, -0.1) is 0 Å². The number of methoxy groups -OCH3 is 1. The minimum Gasteiger partial charge on any atom is -0.497 e. The lowest BCUT2D eigenvalue weighted by atomic mass is 10.2. The molecule has 0 bridgehead atoms. The Kier molecular flexibility index (Phi) is 6.97. The Bertz CT molecular complexity index is 1120. The van der Waals surface area contributed by atoms with Crippen LogP contribution in [0.15, 0.2) is 77.7 Å². The van der Waals surface area contributed by atoms with E-state index in [1.54, 1.807) is 36.4 Å². The zero-order valence-corrected chi connectivity index (χ0v) is 18.6. The van der Waals surface area contributed by atoms with Gasteiger partial charge >= 0.3 is 0 Å². The van der Waals surface area contributed by atoms with Crippen LogP contribution in [0.25, 0.3) is 0 Å². The molecule has 0 fully saturated rings. The van der Waals surface area contributed by atoms with Crippen molar-refractivity contribution in [1.29, 1.82) is 0 Å². The van der Waals surface area contributed by atoms with Gasteiger partial charge in [0, 0.05) is 0 Å². The van der Waals surface area contributed by atoms with Crippen molar-refractivity contribution in [3.05, 3.63) is 83.9 Å². The zero-order chi connectivity index (χ0) is 22.4. The number of nitrogens with zero attached hydrogens (tertiary/aromatic N) is 1. The van der Waals surface area contributed by atoms with Crippen LogP contribution >= 0.6 is 0 Å². The Morgan fingerprint density at radius 3 is 2.00 bits per heavy atom. The highest BCUT2D eigenvalue weighted by Crippen LogP contribution is 2.26. The molecule has 0 saturated heterocycles. The number of carbonyl (C=O) groups is 1. The van der Waals surface area contributed by atoms with Gasteiger partial charge in [-0.25, -0.2) is 8.42 Å². The fraction of sp³-hybridized carbons (Fsp3) is 0.208. The quantitative estimate of drug-likeness (QED) is 0.521. The van der Waals surface area contributed by atoms with Crippen molar-refractivity contribution in [3.8, 4) is 11.5 Å². The molecule has 3 aromatic rings. The first-order valence-corrected chi connectivity index (χ1v) is 11.3. The number of anilines is 1. The molecular weight excluding hydrogens is 414 g/mol. The normalized spacial score (nSPS) is 11.1. The number of hydrogen-bond donors (Lipinski definition) is 0. The molecule has 7 heteroatoms. The summed E-state index contributed by atoms with van der Waals surface area (Å²) >= 11 is 0. The van der Waals surface area contributed by atoms with E-state index in [4.69, 9.17) is 9.47 Å². The first kappa shape index (κ1) is 22.4. The van der Waals surface area contributed by atoms with Gasteiger partial charge in [-0.1, -0.05) is 36.8 Å². The topological polar surface area (TPSA) is 72.9 Å². The van der Waals surface area contributed by atoms with E-state index in [1.165, 1.54) is 31.4 Å². The predicted molar refractivity (Wildman–Crippen MR) is 120 cm³/mol. The van der Waals surface area contributed by atoms with Crippen LogP contribution in [0.5, 0.6) is 11.5 Å². The summed E-state index contributed by atoms with van der Waals surface area (Å²) in [5.41, 5.74) is 2.26. The van der Waals surface area contributed by atoms with E-state index in [0.29, 0.717) is 11.5 Å². The van der Waals surface area contributed by atoms with Gasteiger partial charge in [-0.3, -0.25) is 4.79 Å². The summed E-state index contributed by atoms with van der Waals surface area (Å²) in [5.74, 6) is 0.342. The Morgan fingerprint density at radius 1 is 0.871 bits per heavy atom. The average Bonchev–Trinajstić information content (AvgIpc) is 2.79. The molecule has 0 aliphatic rings. The SMILES string of the molecule is CCc1ccc(OCC(=O)N(c2ccc(OC)cc2)S(=O)(=O)c2ccc(C)cc2)cc1. The highest BCUT2D eigenvalue weighted by Gasteiger charge is 2.31. The summed E-state index contributed by atoms with van der Waals surface area (Å²) in [7, 11) is -2.63. The highest BCUT2D eigenvalue weighted by atomic mass is 32.2. The van der Waals surface area contributed by atoms with Crippen molar-refractivity contribution in [1.82, 2.24) is 0 Å². The van der Waals surface area contributed by atoms with Crippen LogP contribution in [0.4, 0.5) is 5.69 Å². The summed E-state index contributed by atoms with van der Waals surface area (Å²) in [6.45, 7) is 3.48. The minimum absolute atomic E-state index is 0.0227. The number of hydrogen-bond acceptors (Lipinski definition) is 5. The molecule has 0 heterocycles. The molecule has 0 aromatic heterocycles. The fourth-order valence-corrected chi connectivity index (χ4v) is 4.39. The van der Waals surface area contributed by atoms with Crippen molar-refractivity contribution >= 4 is 21.6 Å². The summed E-state index contributed by atoms with van der Waals surface area (Å²) in [6, 6.07) is 19.9. The number of sulfonamides is 1. The molecule has 0 radical (unpaired) electrons. The molecule has 0 unspecified atom stereocenters. The number of carbonyl (C=O) groups excluding carboxylic acids is 1. The Labute approximate surface area is 183 Å². The summed E-state index contributed by atoms with van der Waals surface area (Å²) in [4.78, 5) is 13.1. The molecule has 31 heavy (non-hydrogen) atoms. The standard InChI is InChI=1S/C24H25NO5S/c1-4-19-7-11-22(12-8-19)30-17-24(26)25(20-9-13-21(29-3)14-10-20)31(27,28)23-15-5-18(2)6-16-23/h5-16H,4,17H2,1-3H3. The van der Waals surface area contributed by atoms with Gasteiger partial charge in [-0.05, 0) is 67.4 Å². The van der Waals surface area contributed by atoms with Crippen LogP contribution in [-0.4, -0.2) is 28.0 Å². The van der Waals surface area contributed by atoms with Gasteiger partial charge < -0.3 is 9.47 Å². The van der Waals surface area contributed by atoms with Crippen molar-refractivity contribution < 1.29 is 22.7 Å². The maximum absolute atomic E-state index is 13.4. The van der Waals surface area contributed by atoms with Gasteiger partial charge in [0.05, 0.1) is 17.7 Å². The molecular formula is C24H25NO5S. The van der Waals surface area contributed by atoms with E-state index in [2.05, 4.69) is 0 Å². The van der Waals surface area contributed by atoms with Crippen LogP contribution in [0.3, 0.4) is 0 Å². The van der Waals surface area contributed by atoms with Crippen LogP contribution in [0, 0.1) is 6.92 Å². The van der Waals surface area contributed by atoms with E-state index in [0.717, 1.165) is 21.9 Å². The molecule has 0 atom stereocenters. The second kappa shape index (κ2) is 9.66. The third-order valence-corrected chi connectivity index (χ3v) is 6.55. The lowest BCUT2D eigenvalue weighted by molar-refractivity contribution is -0.119. The predicted octanol–water partition coefficient (Wildman–Crippen LogP) is 4.37. The van der Waals surface area contributed by atoms with Crippen molar-refractivity contribution in [2.75, 3.05) is 18.0 Å². The Balaban J connectivity index is 1.92. The summed E-state index contributed by atoms with van der Waals surface area (Å²) < 4.78 is 38.2. The smallest absolute Gasteiger partial charge is 0.278 e. The maximum atomic E-state index is 13.4. The van der Waals surface area contributed by atoms with E-state index in [1.807, 2.05) is 26.0 Å². The van der Waals surface area contributed by atoms with Crippen LogP contribution < -0.4 is 13.8 Å². The monoisotopic (exact) mass is 439 g/mol. The minimum atomic E-state index is -4.14. The van der Waals surface area contributed by atoms with E-state index >= 15 is 0 Å². The zero-order valence-electron chi connectivity index (χ0n) is 17.7. The van der Waals surface area contributed by atoms with Crippen LogP contribution in [0.1, 0.15) is 18.1 Å². The number of benzene rings is 3. The summed E-state index contributed by atoms with van der Waals surface area (Å²) in [6.07, 6.45) is 0.888. The largest absolute Gasteiger partial charge is 0.497 e. The van der Waals surface area contributed by atoms with Crippen molar-refractivity contribution in [2.24, 2.45) is 0 Å². The number of ether oxygens (including phenoxy) is 2. The lowest BCUT2D eigenvalue weighted by Crippen LogP contribution is -2.40. The Hall–Kier alpha value is -3.32. The molecule has 1 amide bonds. The Morgan fingerprint density at radius 2 is 1.45 bits per heavy atom. The van der Waals surface area contributed by atoms with Gasteiger partial charge in [0.15, 0.2) is 6.61 Å². The van der Waals surface area contributed by atoms with Gasteiger partial charge in [-0.2, -0.15) is 4.31 Å². The lowest BCUT2D eigenvalue weighted by Gasteiger charge is -2.23. The second-order valence-corrected chi connectivity index (χ2v) is 8.75. The number of aryl methyl sites for hydroxylation is 2. The molecule has 3 aromatic carbocycles. The van der Waals surface area contributed by atoms with Crippen LogP contribution in [-0.2, 0) is 21.2 Å². The molecule has 0 spiro atoms. The first-order chi connectivity index (χ1) is 14.8. The van der Waals surface area contributed by atoms with Crippen LogP contribution in [0.2, 0.25) is 0 Å². The van der Waals surface area contributed by atoms with E-state index in [9.17, 15) is 13.2 Å².